The van der Waals surface area contributed by atoms with Crippen molar-refractivity contribution in [1.29, 1.82) is 0 Å². The molecule has 1 aromatic carbocycles. The van der Waals surface area contributed by atoms with Gasteiger partial charge in [-0.05, 0) is 17.7 Å². The van der Waals surface area contributed by atoms with Crippen LogP contribution in [0, 0.1) is 0 Å². The Bertz CT molecular complexity index is 289. The molecule has 3 nitrogen and oxygen atoms in total. The van der Waals surface area contributed by atoms with E-state index in [0.29, 0.717) is 5.92 Å². The monoisotopic (exact) mass is 207 g/mol. The Morgan fingerprint density at radius 1 is 1.33 bits per heavy atom. The number of hydrogen-bond acceptors (Lipinski definition) is 3. The molecule has 0 aromatic heterocycles. The Kier molecular flexibility index (Phi) is 3.59. The van der Waals surface area contributed by atoms with Gasteiger partial charge < -0.3 is 14.8 Å². The summed E-state index contributed by atoms with van der Waals surface area (Å²) < 4.78 is 10.7. The number of hydrogen-bond donors (Lipinski definition) is 1. The normalized spacial score (nSPS) is 22.1. The first-order chi connectivity index (χ1) is 7.40. The maximum Gasteiger partial charge on any atom is 0.118 e. The van der Waals surface area contributed by atoms with Crippen LogP contribution in [0.5, 0.6) is 5.75 Å². The summed E-state index contributed by atoms with van der Waals surface area (Å²) in [5, 5.41) is 3.37. The second kappa shape index (κ2) is 5.14. The quantitative estimate of drug-likeness (QED) is 0.795. The number of rotatable bonds is 2. The third-order valence-corrected chi connectivity index (χ3v) is 2.72. The minimum atomic E-state index is 0.457. The Morgan fingerprint density at radius 3 is 2.87 bits per heavy atom. The molecule has 1 aromatic rings. The van der Waals surface area contributed by atoms with E-state index in [1.54, 1.807) is 7.11 Å². The van der Waals surface area contributed by atoms with E-state index in [4.69, 9.17) is 9.47 Å². The van der Waals surface area contributed by atoms with E-state index in [1.807, 2.05) is 12.1 Å². The maximum atomic E-state index is 5.52. The fourth-order valence-electron chi connectivity index (χ4n) is 1.80. The predicted molar refractivity (Wildman–Crippen MR) is 59.4 cm³/mol. The Hall–Kier alpha value is -1.06. The minimum absolute atomic E-state index is 0.457. The van der Waals surface area contributed by atoms with Crippen LogP contribution in [0.2, 0.25) is 0 Å². The van der Waals surface area contributed by atoms with Gasteiger partial charge in [-0.15, -0.1) is 0 Å². The van der Waals surface area contributed by atoms with Crippen molar-refractivity contribution in [3.05, 3.63) is 29.8 Å². The molecule has 15 heavy (non-hydrogen) atoms. The Labute approximate surface area is 90.4 Å². The molecular weight excluding hydrogens is 190 g/mol. The maximum absolute atomic E-state index is 5.52. The van der Waals surface area contributed by atoms with Crippen molar-refractivity contribution in [2.24, 2.45) is 0 Å². The molecule has 0 aliphatic carbocycles. The van der Waals surface area contributed by atoms with Crippen molar-refractivity contribution in [2.75, 3.05) is 33.4 Å². The standard InChI is InChI=1S/C12H17NO2/c1-14-12-4-2-10(3-5-12)11-8-13-6-7-15-9-11/h2-5,11,13H,6-9H2,1H3. The zero-order valence-electron chi connectivity index (χ0n) is 9.03. The zero-order chi connectivity index (χ0) is 10.5. The molecule has 1 atom stereocenters. The molecule has 0 spiro atoms. The van der Waals surface area contributed by atoms with E-state index in [1.165, 1.54) is 5.56 Å². The van der Waals surface area contributed by atoms with Gasteiger partial charge >= 0.3 is 0 Å². The summed E-state index contributed by atoms with van der Waals surface area (Å²) in [6.07, 6.45) is 0. The topological polar surface area (TPSA) is 30.5 Å². The van der Waals surface area contributed by atoms with Gasteiger partial charge in [-0.25, -0.2) is 0 Å². The molecule has 0 saturated carbocycles. The number of benzene rings is 1. The molecule has 2 rings (SSSR count). The summed E-state index contributed by atoms with van der Waals surface area (Å²) in [4.78, 5) is 0. The average Bonchev–Trinajstić information content (AvgIpc) is 2.58. The van der Waals surface area contributed by atoms with Gasteiger partial charge in [0.05, 0.1) is 20.3 Å². The largest absolute Gasteiger partial charge is 0.497 e. The van der Waals surface area contributed by atoms with E-state index in [2.05, 4.69) is 17.4 Å². The van der Waals surface area contributed by atoms with Gasteiger partial charge in [0.25, 0.3) is 0 Å². The van der Waals surface area contributed by atoms with Crippen molar-refractivity contribution < 1.29 is 9.47 Å². The molecule has 1 heterocycles. The molecule has 1 aliphatic rings. The number of methoxy groups -OCH3 is 1. The SMILES string of the molecule is COc1ccc(C2CNCCOC2)cc1. The highest BCUT2D eigenvalue weighted by molar-refractivity contribution is 5.29. The fourth-order valence-corrected chi connectivity index (χ4v) is 1.80. The molecule has 0 amide bonds. The van der Waals surface area contributed by atoms with Gasteiger partial charge in [0.2, 0.25) is 0 Å². The van der Waals surface area contributed by atoms with Crippen LogP contribution in [0.4, 0.5) is 0 Å². The van der Waals surface area contributed by atoms with Crippen molar-refractivity contribution >= 4 is 0 Å². The summed E-state index contributed by atoms with van der Waals surface area (Å²) in [7, 11) is 1.69. The molecule has 0 radical (unpaired) electrons. The summed E-state index contributed by atoms with van der Waals surface area (Å²) >= 11 is 0. The molecule has 1 unspecified atom stereocenters. The van der Waals surface area contributed by atoms with E-state index < -0.39 is 0 Å². The first-order valence-corrected chi connectivity index (χ1v) is 5.32. The van der Waals surface area contributed by atoms with Crippen LogP contribution in [0.1, 0.15) is 11.5 Å². The molecule has 1 saturated heterocycles. The van der Waals surface area contributed by atoms with Crippen LogP contribution < -0.4 is 10.1 Å². The lowest BCUT2D eigenvalue weighted by molar-refractivity contribution is 0.141. The number of ether oxygens (including phenoxy) is 2. The van der Waals surface area contributed by atoms with E-state index in [9.17, 15) is 0 Å². The van der Waals surface area contributed by atoms with E-state index in [-0.39, 0.29) is 0 Å². The molecule has 0 bridgehead atoms. The molecular formula is C12H17NO2. The van der Waals surface area contributed by atoms with Crippen LogP contribution in [0.15, 0.2) is 24.3 Å². The van der Waals surface area contributed by atoms with Crippen molar-refractivity contribution in [2.45, 2.75) is 5.92 Å². The zero-order valence-corrected chi connectivity index (χ0v) is 9.03. The summed E-state index contributed by atoms with van der Waals surface area (Å²) in [6.45, 7) is 3.56. The molecule has 1 N–H and O–H groups in total. The van der Waals surface area contributed by atoms with Crippen molar-refractivity contribution in [3.63, 3.8) is 0 Å². The van der Waals surface area contributed by atoms with Crippen molar-refractivity contribution in [1.82, 2.24) is 5.32 Å². The summed E-state index contributed by atoms with van der Waals surface area (Å²) in [6, 6.07) is 8.22. The summed E-state index contributed by atoms with van der Waals surface area (Å²) in [5.74, 6) is 1.36. The predicted octanol–water partition coefficient (Wildman–Crippen LogP) is 1.40. The smallest absolute Gasteiger partial charge is 0.118 e. The first kappa shape index (κ1) is 10.5. The average molecular weight is 207 g/mol. The van der Waals surface area contributed by atoms with Gasteiger partial charge in [-0.3, -0.25) is 0 Å². The molecule has 3 heteroatoms. The van der Waals surface area contributed by atoms with Crippen LogP contribution in [-0.2, 0) is 4.74 Å². The van der Waals surface area contributed by atoms with Crippen LogP contribution >= 0.6 is 0 Å². The number of nitrogens with one attached hydrogen (secondary N) is 1. The Balaban J connectivity index is 2.06. The lowest BCUT2D eigenvalue weighted by Gasteiger charge is -2.14. The lowest BCUT2D eigenvalue weighted by Crippen LogP contribution is -2.21. The second-order valence-electron chi connectivity index (χ2n) is 3.75. The van der Waals surface area contributed by atoms with Crippen LogP contribution in [0.25, 0.3) is 0 Å². The molecule has 82 valence electrons. The highest BCUT2D eigenvalue weighted by atomic mass is 16.5. The van der Waals surface area contributed by atoms with E-state index in [0.717, 1.165) is 32.1 Å². The Morgan fingerprint density at radius 2 is 2.13 bits per heavy atom. The van der Waals surface area contributed by atoms with Crippen molar-refractivity contribution in [3.8, 4) is 5.75 Å². The lowest BCUT2D eigenvalue weighted by atomic mass is 10.00. The van der Waals surface area contributed by atoms with Crippen LogP contribution in [-0.4, -0.2) is 33.4 Å². The van der Waals surface area contributed by atoms with Gasteiger partial charge in [0.1, 0.15) is 5.75 Å². The van der Waals surface area contributed by atoms with Gasteiger partial charge in [-0.1, -0.05) is 12.1 Å². The second-order valence-corrected chi connectivity index (χ2v) is 3.75. The molecule has 1 fully saturated rings. The van der Waals surface area contributed by atoms with Gasteiger partial charge in [-0.2, -0.15) is 0 Å². The molecule has 1 aliphatic heterocycles. The minimum Gasteiger partial charge on any atom is -0.497 e. The third kappa shape index (κ3) is 2.70. The van der Waals surface area contributed by atoms with Gasteiger partial charge in [0.15, 0.2) is 0 Å². The summed E-state index contributed by atoms with van der Waals surface area (Å²) in [5.41, 5.74) is 1.31. The highest BCUT2D eigenvalue weighted by Gasteiger charge is 2.14. The van der Waals surface area contributed by atoms with E-state index >= 15 is 0 Å². The highest BCUT2D eigenvalue weighted by Crippen LogP contribution is 2.20. The van der Waals surface area contributed by atoms with Crippen LogP contribution in [0.3, 0.4) is 0 Å². The van der Waals surface area contributed by atoms with Gasteiger partial charge in [0, 0.05) is 19.0 Å². The third-order valence-electron chi connectivity index (χ3n) is 2.72. The fraction of sp³-hybridized carbons (Fsp3) is 0.500. The first-order valence-electron chi connectivity index (χ1n) is 5.32.